The molecule has 6 heteroatoms. The van der Waals surface area contributed by atoms with Gasteiger partial charge < -0.3 is 4.98 Å². The summed E-state index contributed by atoms with van der Waals surface area (Å²) in [6, 6.07) is 4.53. The van der Waals surface area contributed by atoms with Crippen LogP contribution < -0.4 is 0 Å². The summed E-state index contributed by atoms with van der Waals surface area (Å²) in [6.45, 7) is 1.94. The molecule has 0 aliphatic rings. The van der Waals surface area contributed by atoms with Crippen molar-refractivity contribution < 1.29 is 4.92 Å². The summed E-state index contributed by atoms with van der Waals surface area (Å²) in [5, 5.41) is 11.4. The lowest BCUT2D eigenvalue weighted by Crippen LogP contribution is -1.95. The standard InChI is InChI=1S/C10H9N3O2S/c1-2-9-11-8-5-6(13(14)15)3-4-7(8)10(16)12-9/h3-5H,2H2,1H3,(H,11,12,16). The van der Waals surface area contributed by atoms with Crippen LogP contribution in [0.15, 0.2) is 18.2 Å². The first-order valence-corrected chi connectivity index (χ1v) is 5.20. The number of rotatable bonds is 2. The van der Waals surface area contributed by atoms with E-state index in [1.807, 2.05) is 6.92 Å². The van der Waals surface area contributed by atoms with Gasteiger partial charge >= 0.3 is 0 Å². The zero-order valence-electron chi connectivity index (χ0n) is 8.56. The minimum Gasteiger partial charge on any atom is -0.343 e. The molecular weight excluding hydrogens is 226 g/mol. The van der Waals surface area contributed by atoms with Crippen molar-refractivity contribution in [1.29, 1.82) is 0 Å². The van der Waals surface area contributed by atoms with Crippen molar-refractivity contribution in [3.8, 4) is 0 Å². The Labute approximate surface area is 96.3 Å². The first-order chi connectivity index (χ1) is 7.61. The van der Waals surface area contributed by atoms with Gasteiger partial charge in [-0.2, -0.15) is 0 Å². The molecule has 82 valence electrons. The molecule has 0 aliphatic carbocycles. The van der Waals surface area contributed by atoms with Crippen LogP contribution in [-0.4, -0.2) is 14.9 Å². The topological polar surface area (TPSA) is 71.8 Å². The van der Waals surface area contributed by atoms with E-state index in [-0.39, 0.29) is 5.69 Å². The number of aryl methyl sites for hydroxylation is 1. The van der Waals surface area contributed by atoms with E-state index in [4.69, 9.17) is 12.2 Å². The molecule has 0 aliphatic heterocycles. The van der Waals surface area contributed by atoms with Crippen molar-refractivity contribution in [3.05, 3.63) is 38.8 Å². The maximum absolute atomic E-state index is 10.6. The maximum atomic E-state index is 10.6. The summed E-state index contributed by atoms with van der Waals surface area (Å²) in [5.74, 6) is 0.734. The largest absolute Gasteiger partial charge is 0.343 e. The van der Waals surface area contributed by atoms with E-state index in [2.05, 4.69) is 9.97 Å². The number of hydrogen-bond donors (Lipinski definition) is 1. The second kappa shape index (κ2) is 3.97. The Bertz CT molecular complexity index is 621. The normalized spacial score (nSPS) is 10.6. The number of nitrogens with zero attached hydrogens (tertiary/aromatic N) is 2. The van der Waals surface area contributed by atoms with Crippen LogP contribution in [0.25, 0.3) is 10.9 Å². The quantitative estimate of drug-likeness (QED) is 0.493. The van der Waals surface area contributed by atoms with Crippen LogP contribution in [0.2, 0.25) is 0 Å². The minimum absolute atomic E-state index is 0.0476. The van der Waals surface area contributed by atoms with E-state index in [1.165, 1.54) is 12.1 Å². The van der Waals surface area contributed by atoms with E-state index in [9.17, 15) is 10.1 Å². The number of fused-ring (bicyclic) bond motifs is 1. The molecule has 1 heterocycles. The number of nitro groups is 1. The molecule has 0 amide bonds. The van der Waals surface area contributed by atoms with Gasteiger partial charge in [0.1, 0.15) is 10.5 Å². The van der Waals surface area contributed by atoms with Gasteiger partial charge in [0.15, 0.2) is 0 Å². The molecule has 5 nitrogen and oxygen atoms in total. The number of nitrogens with one attached hydrogen (secondary N) is 1. The number of nitro benzene ring substituents is 1. The summed E-state index contributed by atoms with van der Waals surface area (Å²) in [6.07, 6.45) is 0.711. The van der Waals surface area contributed by atoms with Crippen molar-refractivity contribution in [2.75, 3.05) is 0 Å². The van der Waals surface area contributed by atoms with Crippen LogP contribution in [0.4, 0.5) is 5.69 Å². The van der Waals surface area contributed by atoms with Crippen molar-refractivity contribution in [2.45, 2.75) is 13.3 Å². The molecule has 16 heavy (non-hydrogen) atoms. The first kappa shape index (κ1) is 10.7. The van der Waals surface area contributed by atoms with Crippen LogP contribution >= 0.6 is 12.2 Å². The van der Waals surface area contributed by atoms with Gasteiger partial charge in [-0.25, -0.2) is 4.98 Å². The van der Waals surface area contributed by atoms with Crippen LogP contribution in [0, 0.1) is 14.8 Å². The van der Waals surface area contributed by atoms with Gasteiger partial charge in [-0.3, -0.25) is 10.1 Å². The molecule has 0 fully saturated rings. The Kier molecular flexibility index (Phi) is 2.66. The average molecular weight is 235 g/mol. The summed E-state index contributed by atoms with van der Waals surface area (Å²) in [5.41, 5.74) is 0.706. The second-order valence-corrected chi connectivity index (χ2v) is 3.72. The van der Waals surface area contributed by atoms with E-state index in [1.54, 1.807) is 6.07 Å². The number of H-pyrrole nitrogens is 1. The van der Waals surface area contributed by atoms with Gasteiger partial charge in [0.2, 0.25) is 0 Å². The monoisotopic (exact) mass is 235 g/mol. The highest BCUT2D eigenvalue weighted by atomic mass is 32.1. The lowest BCUT2D eigenvalue weighted by atomic mass is 10.2. The van der Waals surface area contributed by atoms with Gasteiger partial charge in [-0.1, -0.05) is 19.1 Å². The van der Waals surface area contributed by atoms with E-state index < -0.39 is 4.92 Å². The van der Waals surface area contributed by atoms with Gasteiger partial charge in [-0.15, -0.1) is 0 Å². The van der Waals surface area contributed by atoms with Gasteiger partial charge in [-0.05, 0) is 6.07 Å². The molecule has 0 unspecified atom stereocenters. The Morgan fingerprint density at radius 2 is 2.31 bits per heavy atom. The van der Waals surface area contributed by atoms with Crippen LogP contribution in [0.5, 0.6) is 0 Å². The van der Waals surface area contributed by atoms with Crippen LogP contribution in [0.1, 0.15) is 12.7 Å². The third-order valence-corrected chi connectivity index (χ3v) is 2.61. The molecule has 0 atom stereocenters. The summed E-state index contributed by atoms with van der Waals surface area (Å²) in [4.78, 5) is 17.4. The predicted molar refractivity (Wildman–Crippen MR) is 63.0 cm³/mol. The molecule has 0 saturated carbocycles. The smallest absolute Gasteiger partial charge is 0.271 e. The summed E-state index contributed by atoms with van der Waals surface area (Å²) >= 11 is 5.12. The predicted octanol–water partition coefficient (Wildman–Crippen LogP) is 2.76. The fourth-order valence-electron chi connectivity index (χ4n) is 1.47. The van der Waals surface area contributed by atoms with Gasteiger partial charge in [0.25, 0.3) is 5.69 Å². The Morgan fingerprint density at radius 1 is 1.56 bits per heavy atom. The van der Waals surface area contributed by atoms with Gasteiger partial charge in [0.05, 0.1) is 10.4 Å². The number of aromatic nitrogens is 2. The molecule has 1 aromatic heterocycles. The lowest BCUT2D eigenvalue weighted by molar-refractivity contribution is -0.384. The number of aromatic amines is 1. The average Bonchev–Trinajstić information content (AvgIpc) is 2.28. The third kappa shape index (κ3) is 1.79. The van der Waals surface area contributed by atoms with Crippen molar-refractivity contribution in [3.63, 3.8) is 0 Å². The Hall–Kier alpha value is -1.82. The maximum Gasteiger partial charge on any atom is 0.271 e. The molecule has 1 N–H and O–H groups in total. The molecule has 1 aromatic carbocycles. The molecule has 0 saturated heterocycles. The van der Waals surface area contributed by atoms with Crippen LogP contribution in [0.3, 0.4) is 0 Å². The molecule has 0 radical (unpaired) electrons. The minimum atomic E-state index is -0.428. The number of benzene rings is 1. The molecular formula is C10H9N3O2S. The van der Waals surface area contributed by atoms with Crippen molar-refractivity contribution in [2.24, 2.45) is 0 Å². The van der Waals surface area contributed by atoms with Crippen molar-refractivity contribution >= 4 is 28.8 Å². The lowest BCUT2D eigenvalue weighted by Gasteiger charge is -2.01. The number of hydrogen-bond acceptors (Lipinski definition) is 4. The third-order valence-electron chi connectivity index (χ3n) is 2.29. The Balaban J connectivity index is 2.76. The SMILES string of the molecule is CCc1nc(=S)c2ccc([N+](=O)[O-])cc2[nH]1. The van der Waals surface area contributed by atoms with E-state index in [0.29, 0.717) is 16.6 Å². The highest BCUT2D eigenvalue weighted by Crippen LogP contribution is 2.19. The first-order valence-electron chi connectivity index (χ1n) is 4.79. The Morgan fingerprint density at radius 3 is 2.94 bits per heavy atom. The molecule has 0 bridgehead atoms. The fourth-order valence-corrected chi connectivity index (χ4v) is 1.76. The zero-order valence-corrected chi connectivity index (χ0v) is 9.37. The highest BCUT2D eigenvalue weighted by Gasteiger charge is 2.08. The summed E-state index contributed by atoms with van der Waals surface area (Å²) in [7, 11) is 0. The van der Waals surface area contributed by atoms with Crippen molar-refractivity contribution in [1.82, 2.24) is 9.97 Å². The number of non-ortho nitro benzene ring substituents is 1. The zero-order chi connectivity index (χ0) is 11.7. The van der Waals surface area contributed by atoms with E-state index in [0.717, 1.165) is 11.2 Å². The summed E-state index contributed by atoms with van der Waals surface area (Å²) < 4.78 is 0.473. The molecule has 2 aromatic rings. The fraction of sp³-hybridized carbons (Fsp3) is 0.200. The van der Waals surface area contributed by atoms with E-state index >= 15 is 0 Å². The van der Waals surface area contributed by atoms with Gasteiger partial charge in [0, 0.05) is 23.9 Å². The highest BCUT2D eigenvalue weighted by molar-refractivity contribution is 7.71. The molecule has 2 rings (SSSR count). The molecule has 0 spiro atoms. The van der Waals surface area contributed by atoms with Crippen LogP contribution in [-0.2, 0) is 6.42 Å². The second-order valence-electron chi connectivity index (χ2n) is 3.33.